The number of rotatable bonds is 6. The fourth-order valence-electron chi connectivity index (χ4n) is 2.90. The van der Waals surface area contributed by atoms with E-state index >= 15 is 0 Å². The highest BCUT2D eigenvalue weighted by atomic mass is 32.2. The SMILES string of the molecule is Cc1cccc(NC(=O)CCCN2C(=O)C(=Cc3ccc(F)cc3)SC2=S)c1C. The lowest BCUT2D eigenvalue weighted by Crippen LogP contribution is -2.29. The zero-order valence-corrected chi connectivity index (χ0v) is 17.8. The second-order valence-electron chi connectivity index (χ2n) is 6.78. The van der Waals surface area contributed by atoms with E-state index in [0.29, 0.717) is 28.6 Å². The number of carbonyl (C=O) groups excluding carboxylic acids is 2. The van der Waals surface area contributed by atoms with E-state index in [2.05, 4.69) is 5.32 Å². The number of benzene rings is 2. The van der Waals surface area contributed by atoms with Gasteiger partial charge in [0, 0.05) is 18.7 Å². The molecule has 1 heterocycles. The van der Waals surface area contributed by atoms with Gasteiger partial charge in [-0.3, -0.25) is 14.5 Å². The third-order valence-electron chi connectivity index (χ3n) is 4.71. The number of carbonyl (C=O) groups is 2. The molecule has 3 rings (SSSR count). The number of nitrogens with one attached hydrogen (secondary N) is 1. The number of anilines is 1. The first-order valence-corrected chi connectivity index (χ1v) is 10.4. The molecule has 1 aliphatic rings. The first kappa shape index (κ1) is 21.2. The van der Waals surface area contributed by atoms with E-state index in [1.54, 1.807) is 18.2 Å². The van der Waals surface area contributed by atoms with Crippen LogP contribution in [-0.4, -0.2) is 27.6 Å². The molecule has 0 radical (unpaired) electrons. The van der Waals surface area contributed by atoms with Gasteiger partial charge in [-0.1, -0.05) is 48.2 Å². The molecule has 0 unspecified atom stereocenters. The molecule has 29 heavy (non-hydrogen) atoms. The second-order valence-corrected chi connectivity index (χ2v) is 8.46. The van der Waals surface area contributed by atoms with Crippen molar-refractivity contribution in [3.8, 4) is 0 Å². The summed E-state index contributed by atoms with van der Waals surface area (Å²) in [6, 6.07) is 11.7. The topological polar surface area (TPSA) is 49.4 Å². The molecule has 0 aliphatic carbocycles. The number of hydrogen-bond acceptors (Lipinski definition) is 4. The highest BCUT2D eigenvalue weighted by Crippen LogP contribution is 2.32. The van der Waals surface area contributed by atoms with Crippen molar-refractivity contribution in [1.29, 1.82) is 0 Å². The summed E-state index contributed by atoms with van der Waals surface area (Å²) in [5.41, 5.74) is 3.71. The number of thioether (sulfide) groups is 1. The van der Waals surface area contributed by atoms with Crippen LogP contribution in [0.1, 0.15) is 29.5 Å². The Morgan fingerprint density at radius 3 is 2.66 bits per heavy atom. The lowest BCUT2D eigenvalue weighted by atomic mass is 10.1. The van der Waals surface area contributed by atoms with Gasteiger partial charge in [-0.05, 0) is 61.2 Å². The molecule has 1 fully saturated rings. The average Bonchev–Trinajstić information content (AvgIpc) is 2.94. The molecule has 4 nitrogen and oxygen atoms in total. The largest absolute Gasteiger partial charge is 0.326 e. The molecule has 1 N–H and O–H groups in total. The van der Waals surface area contributed by atoms with Crippen LogP contribution >= 0.6 is 24.0 Å². The standard InChI is InChI=1S/C22H21FN2O2S2/c1-14-5-3-6-18(15(14)2)24-20(26)7-4-12-25-21(27)19(29-22(25)28)13-16-8-10-17(23)11-9-16/h3,5-6,8-11,13H,4,7,12H2,1-2H3,(H,24,26). The number of aryl methyl sites for hydroxylation is 1. The minimum absolute atomic E-state index is 0.0917. The number of amides is 2. The molecule has 150 valence electrons. The Hall–Kier alpha value is -2.51. The van der Waals surface area contributed by atoms with Gasteiger partial charge in [0.25, 0.3) is 5.91 Å². The summed E-state index contributed by atoms with van der Waals surface area (Å²) in [5.74, 6) is -0.598. The van der Waals surface area contributed by atoms with Gasteiger partial charge in [0.15, 0.2) is 0 Å². The summed E-state index contributed by atoms with van der Waals surface area (Å²) in [7, 11) is 0. The maximum atomic E-state index is 13.0. The quantitative estimate of drug-likeness (QED) is 0.516. The van der Waals surface area contributed by atoms with E-state index in [1.807, 2.05) is 32.0 Å². The van der Waals surface area contributed by atoms with Crippen molar-refractivity contribution in [3.63, 3.8) is 0 Å². The van der Waals surface area contributed by atoms with Gasteiger partial charge in [-0.2, -0.15) is 0 Å². The minimum Gasteiger partial charge on any atom is -0.326 e. The Labute approximate surface area is 179 Å². The van der Waals surface area contributed by atoms with Crippen LogP contribution < -0.4 is 5.32 Å². The van der Waals surface area contributed by atoms with E-state index in [4.69, 9.17) is 12.2 Å². The molecular formula is C22H21FN2O2S2. The van der Waals surface area contributed by atoms with Crippen molar-refractivity contribution < 1.29 is 14.0 Å². The van der Waals surface area contributed by atoms with Crippen LogP contribution in [0.2, 0.25) is 0 Å². The highest BCUT2D eigenvalue weighted by Gasteiger charge is 2.31. The molecule has 1 saturated heterocycles. The van der Waals surface area contributed by atoms with Crippen LogP contribution in [0.4, 0.5) is 10.1 Å². The van der Waals surface area contributed by atoms with Gasteiger partial charge < -0.3 is 5.32 Å². The van der Waals surface area contributed by atoms with Gasteiger partial charge in [-0.15, -0.1) is 0 Å². The van der Waals surface area contributed by atoms with Gasteiger partial charge in [-0.25, -0.2) is 4.39 Å². The van der Waals surface area contributed by atoms with Crippen LogP contribution in [0, 0.1) is 19.7 Å². The van der Waals surface area contributed by atoms with E-state index in [1.165, 1.54) is 28.8 Å². The molecular weight excluding hydrogens is 407 g/mol. The third kappa shape index (κ3) is 5.31. The highest BCUT2D eigenvalue weighted by molar-refractivity contribution is 8.26. The maximum Gasteiger partial charge on any atom is 0.266 e. The van der Waals surface area contributed by atoms with Gasteiger partial charge in [0.2, 0.25) is 5.91 Å². The van der Waals surface area contributed by atoms with E-state index < -0.39 is 0 Å². The molecule has 0 saturated carbocycles. The summed E-state index contributed by atoms with van der Waals surface area (Å²) >= 11 is 6.53. The van der Waals surface area contributed by atoms with Crippen LogP contribution in [0.3, 0.4) is 0 Å². The molecule has 2 aromatic rings. The Morgan fingerprint density at radius 1 is 1.21 bits per heavy atom. The van der Waals surface area contributed by atoms with Gasteiger partial charge in [0.1, 0.15) is 10.1 Å². The Kier molecular flexibility index (Phi) is 6.82. The van der Waals surface area contributed by atoms with E-state index in [-0.39, 0.29) is 17.6 Å². The predicted molar refractivity (Wildman–Crippen MR) is 120 cm³/mol. The van der Waals surface area contributed by atoms with Crippen LogP contribution in [0.25, 0.3) is 6.08 Å². The van der Waals surface area contributed by atoms with Gasteiger partial charge in [0.05, 0.1) is 4.91 Å². The molecule has 0 bridgehead atoms. The summed E-state index contributed by atoms with van der Waals surface area (Å²) < 4.78 is 13.5. The summed E-state index contributed by atoms with van der Waals surface area (Å²) in [5, 5.41) is 2.92. The molecule has 0 aromatic heterocycles. The third-order valence-corrected chi connectivity index (χ3v) is 6.08. The van der Waals surface area contributed by atoms with Crippen molar-refractivity contribution >= 4 is 51.9 Å². The van der Waals surface area contributed by atoms with Crippen molar-refractivity contribution in [2.75, 3.05) is 11.9 Å². The Bertz CT molecular complexity index is 987. The smallest absolute Gasteiger partial charge is 0.266 e. The van der Waals surface area contributed by atoms with Crippen LogP contribution in [0.15, 0.2) is 47.4 Å². The average molecular weight is 429 g/mol. The summed E-state index contributed by atoms with van der Waals surface area (Å²) in [6.45, 7) is 4.35. The zero-order valence-electron chi connectivity index (χ0n) is 16.2. The first-order valence-electron chi connectivity index (χ1n) is 9.22. The Morgan fingerprint density at radius 2 is 1.93 bits per heavy atom. The number of halogens is 1. The molecule has 2 amide bonds. The molecule has 1 aliphatic heterocycles. The number of thiocarbonyl (C=S) groups is 1. The summed E-state index contributed by atoms with van der Waals surface area (Å²) in [4.78, 5) is 26.9. The number of nitrogens with zero attached hydrogens (tertiary/aromatic N) is 1. The molecule has 0 atom stereocenters. The van der Waals surface area contributed by atoms with Crippen molar-refractivity contribution in [1.82, 2.24) is 4.90 Å². The first-order chi connectivity index (χ1) is 13.8. The molecule has 7 heteroatoms. The zero-order chi connectivity index (χ0) is 21.0. The fourth-order valence-corrected chi connectivity index (χ4v) is 4.21. The van der Waals surface area contributed by atoms with E-state index in [0.717, 1.165) is 22.4 Å². The second kappa shape index (κ2) is 9.33. The van der Waals surface area contributed by atoms with Crippen molar-refractivity contribution in [2.24, 2.45) is 0 Å². The van der Waals surface area contributed by atoms with Gasteiger partial charge >= 0.3 is 0 Å². The lowest BCUT2D eigenvalue weighted by molar-refractivity contribution is -0.122. The van der Waals surface area contributed by atoms with Crippen molar-refractivity contribution in [3.05, 3.63) is 69.9 Å². The van der Waals surface area contributed by atoms with Crippen LogP contribution in [-0.2, 0) is 9.59 Å². The Balaban J connectivity index is 1.54. The monoisotopic (exact) mass is 428 g/mol. The number of hydrogen-bond donors (Lipinski definition) is 1. The lowest BCUT2D eigenvalue weighted by Gasteiger charge is -2.14. The molecule has 2 aromatic carbocycles. The normalized spacial score (nSPS) is 15.3. The molecule has 0 spiro atoms. The minimum atomic E-state index is -0.325. The summed E-state index contributed by atoms with van der Waals surface area (Å²) in [6.07, 6.45) is 2.50. The van der Waals surface area contributed by atoms with Crippen molar-refractivity contribution in [2.45, 2.75) is 26.7 Å². The fraction of sp³-hybridized carbons (Fsp3) is 0.227. The maximum absolute atomic E-state index is 13.0. The van der Waals surface area contributed by atoms with E-state index in [9.17, 15) is 14.0 Å². The predicted octanol–water partition coefficient (Wildman–Crippen LogP) is 5.06. The van der Waals surface area contributed by atoms with Crippen LogP contribution in [0.5, 0.6) is 0 Å².